The van der Waals surface area contributed by atoms with Gasteiger partial charge in [0, 0.05) is 25.8 Å². The molecule has 0 aliphatic heterocycles. The molecule has 3 nitrogen and oxygen atoms in total. The topological polar surface area (TPSA) is 39.1 Å². The molecule has 0 bridgehead atoms. The van der Waals surface area contributed by atoms with Crippen LogP contribution in [0, 0.1) is 11.3 Å². The second-order valence-corrected chi connectivity index (χ2v) is 5.45. The van der Waals surface area contributed by atoms with Crippen LogP contribution in [0.25, 0.3) is 0 Å². The maximum Gasteiger partial charge on any atom is 0.0991 e. The summed E-state index contributed by atoms with van der Waals surface area (Å²) in [7, 11) is 2.14. The summed E-state index contributed by atoms with van der Waals surface area (Å²) in [6, 6.07) is 20.4. The van der Waals surface area contributed by atoms with Crippen LogP contribution >= 0.6 is 0 Å². The highest BCUT2D eigenvalue weighted by Gasteiger charge is 1.99. The predicted octanol–water partition coefficient (Wildman–Crippen LogP) is 3.56. The third-order valence-corrected chi connectivity index (χ3v) is 3.68. The number of hydrogen-bond donors (Lipinski definition) is 1. The molecule has 0 saturated heterocycles. The highest BCUT2D eigenvalue weighted by molar-refractivity contribution is 5.44. The van der Waals surface area contributed by atoms with Gasteiger partial charge < -0.3 is 10.2 Å². The molecule has 2 aromatic carbocycles. The minimum atomic E-state index is 0.726. The van der Waals surface area contributed by atoms with Crippen LogP contribution < -0.4 is 10.2 Å². The Bertz CT molecular complexity index is 602. The summed E-state index contributed by atoms with van der Waals surface area (Å²) in [5.74, 6) is 0. The lowest BCUT2D eigenvalue weighted by Gasteiger charge is -2.19. The van der Waals surface area contributed by atoms with Crippen LogP contribution in [0.1, 0.15) is 24.0 Å². The van der Waals surface area contributed by atoms with Crippen molar-refractivity contribution in [3.63, 3.8) is 0 Å². The van der Waals surface area contributed by atoms with E-state index in [0.717, 1.165) is 38.0 Å². The Kier molecular flexibility index (Phi) is 6.47. The van der Waals surface area contributed by atoms with Crippen molar-refractivity contribution in [3.05, 3.63) is 65.7 Å². The number of anilines is 1. The molecular weight excluding hydrogens is 270 g/mol. The van der Waals surface area contributed by atoms with Gasteiger partial charge in [0.2, 0.25) is 0 Å². The number of rotatable bonds is 8. The Labute approximate surface area is 133 Å². The van der Waals surface area contributed by atoms with Gasteiger partial charge in [-0.15, -0.1) is 0 Å². The Hall–Kier alpha value is -2.31. The van der Waals surface area contributed by atoms with Gasteiger partial charge in [-0.25, -0.2) is 0 Å². The molecule has 0 aliphatic carbocycles. The van der Waals surface area contributed by atoms with Gasteiger partial charge in [-0.2, -0.15) is 5.26 Å². The van der Waals surface area contributed by atoms with Gasteiger partial charge >= 0.3 is 0 Å². The predicted molar refractivity (Wildman–Crippen MR) is 91.8 cm³/mol. The van der Waals surface area contributed by atoms with Gasteiger partial charge in [-0.1, -0.05) is 30.3 Å². The zero-order valence-corrected chi connectivity index (χ0v) is 13.1. The molecule has 0 atom stereocenters. The van der Waals surface area contributed by atoms with E-state index in [9.17, 15) is 0 Å². The van der Waals surface area contributed by atoms with Gasteiger partial charge in [-0.3, -0.25) is 0 Å². The van der Waals surface area contributed by atoms with Crippen molar-refractivity contribution in [2.24, 2.45) is 0 Å². The SMILES string of the molecule is CN(CCCCNCc1cccc(C#N)c1)c1ccccc1. The summed E-state index contributed by atoms with van der Waals surface area (Å²) in [5, 5.41) is 12.3. The zero-order valence-electron chi connectivity index (χ0n) is 13.1. The highest BCUT2D eigenvalue weighted by Crippen LogP contribution is 2.11. The highest BCUT2D eigenvalue weighted by atomic mass is 15.1. The molecule has 0 spiro atoms. The van der Waals surface area contributed by atoms with E-state index in [-0.39, 0.29) is 0 Å². The average molecular weight is 293 g/mol. The van der Waals surface area contributed by atoms with Crippen LogP contribution in [0.2, 0.25) is 0 Å². The lowest BCUT2D eigenvalue weighted by Crippen LogP contribution is -2.20. The second kappa shape index (κ2) is 8.86. The second-order valence-electron chi connectivity index (χ2n) is 5.45. The molecule has 0 radical (unpaired) electrons. The van der Waals surface area contributed by atoms with Crippen LogP contribution in [0.4, 0.5) is 5.69 Å². The maximum absolute atomic E-state index is 8.87. The van der Waals surface area contributed by atoms with Crippen molar-refractivity contribution in [2.75, 3.05) is 25.0 Å². The number of nitrogens with zero attached hydrogens (tertiary/aromatic N) is 2. The van der Waals surface area contributed by atoms with Crippen LogP contribution in [-0.2, 0) is 6.54 Å². The van der Waals surface area contributed by atoms with Crippen molar-refractivity contribution in [3.8, 4) is 6.07 Å². The molecule has 0 fully saturated rings. The smallest absolute Gasteiger partial charge is 0.0991 e. The summed E-state index contributed by atoms with van der Waals surface area (Å²) in [4.78, 5) is 2.29. The van der Waals surface area contributed by atoms with Gasteiger partial charge in [-0.05, 0) is 49.2 Å². The molecule has 0 saturated carbocycles. The maximum atomic E-state index is 8.87. The van der Waals surface area contributed by atoms with Gasteiger partial charge in [0.15, 0.2) is 0 Å². The standard InChI is InChI=1S/C19H23N3/c1-22(19-10-3-2-4-11-19)13-6-5-12-21-16-18-9-7-8-17(14-18)15-20/h2-4,7-11,14,21H,5-6,12-13,16H2,1H3. The monoisotopic (exact) mass is 293 g/mol. The van der Waals surface area contributed by atoms with E-state index in [4.69, 9.17) is 5.26 Å². The largest absolute Gasteiger partial charge is 0.375 e. The lowest BCUT2D eigenvalue weighted by atomic mass is 10.1. The summed E-state index contributed by atoms with van der Waals surface area (Å²) in [5.41, 5.74) is 3.16. The fraction of sp³-hybridized carbons (Fsp3) is 0.316. The fourth-order valence-electron chi connectivity index (χ4n) is 2.39. The molecule has 1 N–H and O–H groups in total. The van der Waals surface area contributed by atoms with Crippen molar-refractivity contribution in [1.29, 1.82) is 5.26 Å². The van der Waals surface area contributed by atoms with Crippen LogP contribution in [0.5, 0.6) is 0 Å². The van der Waals surface area contributed by atoms with E-state index in [1.807, 2.05) is 24.3 Å². The summed E-state index contributed by atoms with van der Waals surface area (Å²) >= 11 is 0. The van der Waals surface area contributed by atoms with Crippen molar-refractivity contribution < 1.29 is 0 Å². The number of para-hydroxylation sites is 1. The Morgan fingerprint density at radius 1 is 1.05 bits per heavy atom. The first-order valence-electron chi connectivity index (χ1n) is 7.75. The first-order chi connectivity index (χ1) is 10.8. The normalized spacial score (nSPS) is 10.2. The summed E-state index contributed by atoms with van der Waals surface area (Å²) in [6.07, 6.45) is 2.31. The summed E-state index contributed by atoms with van der Waals surface area (Å²) < 4.78 is 0. The van der Waals surface area contributed by atoms with Gasteiger partial charge in [0.1, 0.15) is 0 Å². The minimum absolute atomic E-state index is 0.726. The van der Waals surface area contributed by atoms with Crippen LogP contribution in [0.3, 0.4) is 0 Å². The van der Waals surface area contributed by atoms with Crippen molar-refractivity contribution in [2.45, 2.75) is 19.4 Å². The molecule has 22 heavy (non-hydrogen) atoms. The van der Waals surface area contributed by atoms with Gasteiger partial charge in [0.05, 0.1) is 11.6 Å². The van der Waals surface area contributed by atoms with Gasteiger partial charge in [0.25, 0.3) is 0 Å². The van der Waals surface area contributed by atoms with E-state index in [1.165, 1.54) is 11.3 Å². The molecule has 0 amide bonds. The number of nitrogens with one attached hydrogen (secondary N) is 1. The third kappa shape index (κ3) is 5.23. The number of benzene rings is 2. The Morgan fingerprint density at radius 2 is 1.86 bits per heavy atom. The first kappa shape index (κ1) is 16.1. The van der Waals surface area contributed by atoms with E-state index in [1.54, 1.807) is 0 Å². The van der Waals surface area contributed by atoms with E-state index < -0.39 is 0 Å². The zero-order chi connectivity index (χ0) is 15.6. The molecule has 0 heterocycles. The molecule has 2 aromatic rings. The quantitative estimate of drug-likeness (QED) is 0.756. The molecule has 2 rings (SSSR count). The number of unbranched alkanes of at least 4 members (excludes halogenated alkanes) is 1. The van der Waals surface area contributed by atoms with Crippen LogP contribution in [-0.4, -0.2) is 20.1 Å². The Morgan fingerprint density at radius 3 is 2.64 bits per heavy atom. The molecule has 0 unspecified atom stereocenters. The summed E-state index contributed by atoms with van der Waals surface area (Å²) in [6.45, 7) is 2.89. The third-order valence-electron chi connectivity index (χ3n) is 3.68. The fourth-order valence-corrected chi connectivity index (χ4v) is 2.39. The van der Waals surface area contributed by atoms with Crippen LogP contribution in [0.15, 0.2) is 54.6 Å². The molecule has 0 aliphatic rings. The van der Waals surface area contributed by atoms with Crippen molar-refractivity contribution >= 4 is 5.69 Å². The average Bonchev–Trinajstić information content (AvgIpc) is 2.58. The minimum Gasteiger partial charge on any atom is -0.375 e. The number of nitriles is 1. The first-order valence-corrected chi connectivity index (χ1v) is 7.75. The number of hydrogen-bond acceptors (Lipinski definition) is 3. The molecule has 3 heteroatoms. The lowest BCUT2D eigenvalue weighted by molar-refractivity contribution is 0.621. The molecule has 114 valence electrons. The van der Waals surface area contributed by atoms with E-state index in [0.29, 0.717) is 0 Å². The molecule has 0 aromatic heterocycles. The van der Waals surface area contributed by atoms with Crippen molar-refractivity contribution in [1.82, 2.24) is 5.32 Å². The van der Waals surface area contributed by atoms with E-state index in [2.05, 4.69) is 53.7 Å². The molecular formula is C19H23N3. The van der Waals surface area contributed by atoms with E-state index >= 15 is 0 Å². The Balaban J connectivity index is 1.60.